The van der Waals surface area contributed by atoms with Crippen LogP contribution in [0.1, 0.15) is 54.1 Å². The molecule has 2 fully saturated rings. The maximum atomic E-state index is 12.7. The molecule has 2 aliphatic rings. The lowest BCUT2D eigenvalue weighted by molar-refractivity contribution is 0.0176. The number of carbonyl (C=O) groups is 1. The number of halogens is 2. The highest BCUT2D eigenvalue weighted by Gasteiger charge is 2.39. The van der Waals surface area contributed by atoms with Crippen LogP contribution in [0.4, 0.5) is 8.78 Å². The number of rotatable bonds is 5. The molecular formula is C21H23F2N5OS. The summed E-state index contributed by atoms with van der Waals surface area (Å²) in [5.74, 6) is -0.378. The van der Waals surface area contributed by atoms with Gasteiger partial charge in [-0.2, -0.15) is 13.9 Å². The fraction of sp³-hybridized carbons (Fsp3) is 0.476. The summed E-state index contributed by atoms with van der Waals surface area (Å²) in [6.07, 6.45) is 6.27. The number of para-hydroxylation sites is 1. The van der Waals surface area contributed by atoms with Gasteiger partial charge in [0.05, 0.1) is 16.8 Å². The van der Waals surface area contributed by atoms with Crippen molar-refractivity contribution >= 4 is 27.5 Å². The van der Waals surface area contributed by atoms with Crippen LogP contribution in [-0.2, 0) is 6.54 Å². The Morgan fingerprint density at radius 2 is 1.97 bits per heavy atom. The van der Waals surface area contributed by atoms with Gasteiger partial charge in [-0.3, -0.25) is 9.69 Å². The average molecular weight is 432 g/mol. The zero-order valence-electron chi connectivity index (χ0n) is 16.4. The number of fused-ring (bicyclic) bond motifs is 3. The van der Waals surface area contributed by atoms with E-state index in [2.05, 4.69) is 21.4 Å². The monoisotopic (exact) mass is 431 g/mol. The van der Waals surface area contributed by atoms with Crippen LogP contribution in [0.2, 0.25) is 0 Å². The normalized spacial score (nSPS) is 24.4. The summed E-state index contributed by atoms with van der Waals surface area (Å²) in [5, 5.41) is 7.83. The first-order valence-electron chi connectivity index (χ1n) is 10.3. The van der Waals surface area contributed by atoms with Crippen molar-refractivity contribution in [3.05, 3.63) is 47.2 Å². The zero-order chi connectivity index (χ0) is 20.7. The van der Waals surface area contributed by atoms with E-state index in [1.54, 1.807) is 11.3 Å². The van der Waals surface area contributed by atoms with E-state index in [9.17, 15) is 13.6 Å². The molecule has 0 aliphatic carbocycles. The van der Waals surface area contributed by atoms with Gasteiger partial charge in [-0.05, 0) is 43.9 Å². The number of piperidine rings is 2. The highest BCUT2D eigenvalue weighted by Crippen LogP contribution is 2.36. The molecule has 0 spiro atoms. The molecule has 0 saturated carbocycles. The SMILES string of the molecule is O=C(NC1C[C@H]2CCC[C@@H](C1)N2Cc1nc2ccccc2s1)c1ccn(C(F)F)n1. The zero-order valence-corrected chi connectivity index (χ0v) is 17.2. The average Bonchev–Trinajstić information content (AvgIpc) is 3.35. The molecule has 2 aromatic heterocycles. The second-order valence-electron chi connectivity index (χ2n) is 8.09. The minimum absolute atomic E-state index is 0.0381. The smallest absolute Gasteiger partial charge is 0.333 e. The summed E-state index contributed by atoms with van der Waals surface area (Å²) >= 11 is 1.75. The minimum atomic E-state index is -2.74. The summed E-state index contributed by atoms with van der Waals surface area (Å²) < 4.78 is 27.1. The molecule has 4 heterocycles. The Labute approximate surface area is 176 Å². The molecule has 3 atom stereocenters. The topological polar surface area (TPSA) is 63.1 Å². The largest absolute Gasteiger partial charge is 0.348 e. The number of hydrogen-bond acceptors (Lipinski definition) is 5. The van der Waals surface area contributed by atoms with Crippen LogP contribution in [0.3, 0.4) is 0 Å². The molecule has 1 unspecified atom stereocenters. The molecule has 1 N–H and O–H groups in total. The lowest BCUT2D eigenvalue weighted by Crippen LogP contribution is -2.56. The first-order chi connectivity index (χ1) is 14.6. The summed E-state index contributed by atoms with van der Waals surface area (Å²) in [6.45, 7) is -1.90. The number of nitrogens with one attached hydrogen (secondary N) is 1. The van der Waals surface area contributed by atoms with Crippen LogP contribution in [0.15, 0.2) is 36.5 Å². The van der Waals surface area contributed by atoms with Crippen molar-refractivity contribution in [1.29, 1.82) is 0 Å². The van der Waals surface area contributed by atoms with E-state index in [1.807, 2.05) is 18.2 Å². The van der Waals surface area contributed by atoms with Gasteiger partial charge in [0, 0.05) is 24.3 Å². The van der Waals surface area contributed by atoms with E-state index in [0.29, 0.717) is 16.8 Å². The standard InChI is InChI=1S/C21H23F2N5OS/c22-21(23)28-9-8-17(26-28)20(29)24-13-10-14-4-3-5-15(11-13)27(14)12-19-25-16-6-1-2-7-18(16)30-19/h1-2,6-9,13-15,21H,3-5,10-12H2,(H,24,29)/t13?,14-,15+. The lowest BCUT2D eigenvalue weighted by atomic mass is 9.81. The highest BCUT2D eigenvalue weighted by molar-refractivity contribution is 7.18. The number of carbonyl (C=O) groups excluding carboxylic acids is 1. The molecule has 2 aliphatic heterocycles. The van der Waals surface area contributed by atoms with Gasteiger partial charge < -0.3 is 5.32 Å². The number of amides is 1. The molecule has 3 aromatic rings. The molecular weight excluding hydrogens is 408 g/mol. The predicted octanol–water partition coefficient (Wildman–Crippen LogP) is 4.20. The quantitative estimate of drug-likeness (QED) is 0.658. The van der Waals surface area contributed by atoms with Gasteiger partial charge in [-0.1, -0.05) is 18.6 Å². The molecule has 2 bridgehead atoms. The maximum Gasteiger partial charge on any atom is 0.333 e. The van der Waals surface area contributed by atoms with E-state index in [1.165, 1.54) is 17.2 Å². The predicted molar refractivity (Wildman–Crippen MR) is 111 cm³/mol. The summed E-state index contributed by atoms with van der Waals surface area (Å²) in [7, 11) is 0. The van der Waals surface area contributed by atoms with Crippen molar-refractivity contribution < 1.29 is 13.6 Å². The van der Waals surface area contributed by atoms with Gasteiger partial charge in [0.25, 0.3) is 5.91 Å². The number of hydrogen-bond donors (Lipinski definition) is 1. The highest BCUT2D eigenvalue weighted by atomic mass is 32.1. The molecule has 0 radical (unpaired) electrons. The minimum Gasteiger partial charge on any atom is -0.348 e. The Balaban J connectivity index is 1.25. The molecule has 158 valence electrons. The van der Waals surface area contributed by atoms with Crippen molar-refractivity contribution in [1.82, 2.24) is 25.0 Å². The van der Waals surface area contributed by atoms with Gasteiger partial charge >= 0.3 is 6.55 Å². The molecule has 2 saturated heterocycles. The van der Waals surface area contributed by atoms with Crippen LogP contribution >= 0.6 is 11.3 Å². The van der Waals surface area contributed by atoms with Crippen LogP contribution in [0.25, 0.3) is 10.2 Å². The molecule has 1 aromatic carbocycles. The Morgan fingerprint density at radius 3 is 2.67 bits per heavy atom. The fourth-order valence-corrected chi connectivity index (χ4v) is 5.80. The van der Waals surface area contributed by atoms with Gasteiger partial charge in [0.15, 0.2) is 0 Å². The molecule has 6 nitrogen and oxygen atoms in total. The third kappa shape index (κ3) is 3.83. The van der Waals surface area contributed by atoms with Gasteiger partial charge in [-0.25, -0.2) is 9.67 Å². The number of aromatic nitrogens is 3. The number of thiazole rings is 1. The van der Waals surface area contributed by atoms with Crippen molar-refractivity contribution in [2.75, 3.05) is 0 Å². The lowest BCUT2D eigenvalue weighted by Gasteiger charge is -2.48. The second-order valence-corrected chi connectivity index (χ2v) is 9.20. The van der Waals surface area contributed by atoms with E-state index in [0.717, 1.165) is 48.9 Å². The van der Waals surface area contributed by atoms with Crippen LogP contribution in [0, 0.1) is 0 Å². The fourth-order valence-electron chi connectivity index (χ4n) is 4.83. The number of benzene rings is 1. The van der Waals surface area contributed by atoms with Gasteiger partial charge in [-0.15, -0.1) is 11.3 Å². The second kappa shape index (κ2) is 8.03. The molecule has 9 heteroatoms. The van der Waals surface area contributed by atoms with Crippen molar-refractivity contribution in [2.24, 2.45) is 0 Å². The molecule has 5 rings (SSSR count). The van der Waals surface area contributed by atoms with Gasteiger partial charge in [0.1, 0.15) is 10.7 Å². The van der Waals surface area contributed by atoms with Crippen LogP contribution in [0.5, 0.6) is 0 Å². The summed E-state index contributed by atoms with van der Waals surface area (Å²) in [6, 6.07) is 10.4. The van der Waals surface area contributed by atoms with Crippen molar-refractivity contribution in [3.63, 3.8) is 0 Å². The van der Waals surface area contributed by atoms with E-state index < -0.39 is 6.55 Å². The Morgan fingerprint density at radius 1 is 1.20 bits per heavy atom. The number of alkyl halides is 2. The number of nitrogens with zero attached hydrogens (tertiary/aromatic N) is 4. The third-order valence-electron chi connectivity index (χ3n) is 6.16. The summed E-state index contributed by atoms with van der Waals surface area (Å²) in [5.41, 5.74) is 1.09. The Hall–Kier alpha value is -2.39. The van der Waals surface area contributed by atoms with Crippen molar-refractivity contribution in [3.8, 4) is 0 Å². The third-order valence-corrected chi connectivity index (χ3v) is 7.18. The Bertz CT molecular complexity index is 1000. The first-order valence-corrected chi connectivity index (χ1v) is 11.1. The van der Waals surface area contributed by atoms with Crippen LogP contribution in [-0.4, -0.2) is 43.7 Å². The Kier molecular flexibility index (Phi) is 5.24. The van der Waals surface area contributed by atoms with Crippen LogP contribution < -0.4 is 5.32 Å². The first kappa shape index (κ1) is 19.6. The summed E-state index contributed by atoms with van der Waals surface area (Å²) in [4.78, 5) is 19.8. The van der Waals surface area contributed by atoms with Gasteiger partial charge in [0.2, 0.25) is 0 Å². The molecule has 30 heavy (non-hydrogen) atoms. The van der Waals surface area contributed by atoms with E-state index in [-0.39, 0.29) is 17.6 Å². The van der Waals surface area contributed by atoms with E-state index >= 15 is 0 Å². The van der Waals surface area contributed by atoms with E-state index in [4.69, 9.17) is 4.98 Å². The maximum absolute atomic E-state index is 12.7. The molecule has 1 amide bonds. The van der Waals surface area contributed by atoms with Crippen molar-refractivity contribution in [2.45, 2.75) is 63.3 Å².